The molecule has 2 fully saturated rings. The van der Waals surface area contributed by atoms with Gasteiger partial charge < -0.3 is 35.2 Å². The van der Waals surface area contributed by atoms with Crippen molar-refractivity contribution in [2.75, 3.05) is 60.3 Å². The average molecular weight is 705 g/mol. The Morgan fingerprint density at radius 2 is 1.84 bits per heavy atom. The summed E-state index contributed by atoms with van der Waals surface area (Å²) in [4.78, 5) is 45.3. The third-order valence-electron chi connectivity index (χ3n) is 8.30. The van der Waals surface area contributed by atoms with Crippen LogP contribution in [0, 0.1) is 11.6 Å². The van der Waals surface area contributed by atoms with Gasteiger partial charge in [0.2, 0.25) is 5.91 Å². The van der Waals surface area contributed by atoms with E-state index in [9.17, 15) is 23.5 Å². The highest BCUT2D eigenvalue weighted by molar-refractivity contribution is 7.17. The van der Waals surface area contributed by atoms with Crippen LogP contribution in [-0.4, -0.2) is 88.2 Å². The molecule has 0 bridgehead atoms. The predicted octanol–water partition coefficient (Wildman–Crippen LogP) is 5.46. The normalized spacial score (nSPS) is 14.7. The van der Waals surface area contributed by atoms with Gasteiger partial charge in [-0.25, -0.2) is 23.7 Å². The Morgan fingerprint density at radius 3 is 2.48 bits per heavy atom. The van der Waals surface area contributed by atoms with Crippen LogP contribution in [0.2, 0.25) is 0 Å². The van der Waals surface area contributed by atoms with Gasteiger partial charge in [-0.3, -0.25) is 9.59 Å². The first-order valence-corrected chi connectivity index (χ1v) is 16.9. The van der Waals surface area contributed by atoms with Crippen molar-refractivity contribution in [2.45, 2.75) is 38.3 Å². The van der Waals surface area contributed by atoms with Gasteiger partial charge in [-0.15, -0.1) is 0 Å². The first-order chi connectivity index (χ1) is 23.9. The summed E-state index contributed by atoms with van der Waals surface area (Å²) in [5, 5.41) is 16.6. The van der Waals surface area contributed by atoms with Crippen molar-refractivity contribution >= 4 is 51.3 Å². The van der Waals surface area contributed by atoms with E-state index in [1.54, 1.807) is 31.0 Å². The molecule has 1 saturated carbocycles. The highest BCUT2D eigenvalue weighted by Gasteiger charge is 2.36. The van der Waals surface area contributed by atoms with Crippen LogP contribution in [0.5, 0.6) is 5.75 Å². The lowest BCUT2D eigenvalue weighted by molar-refractivity contribution is -0.126. The van der Waals surface area contributed by atoms with Gasteiger partial charge in [-0.2, -0.15) is 0 Å². The fourth-order valence-electron chi connectivity index (χ4n) is 5.71. The van der Waals surface area contributed by atoms with Crippen LogP contribution in [0.1, 0.15) is 36.4 Å². The number of carbonyl (C=O) groups excluding carboxylic acids is 2. The number of pyridine rings is 2. The minimum absolute atomic E-state index is 0.0972. The van der Waals surface area contributed by atoms with E-state index in [-0.39, 0.29) is 16.8 Å². The number of aliphatic hydroxyl groups is 1. The van der Waals surface area contributed by atoms with Gasteiger partial charge in [0.1, 0.15) is 22.2 Å². The molecule has 4 aromatic rings. The van der Waals surface area contributed by atoms with Crippen LogP contribution in [0.4, 0.5) is 36.9 Å². The first kappa shape index (κ1) is 34.7. The lowest BCUT2D eigenvalue weighted by Crippen LogP contribution is -2.49. The van der Waals surface area contributed by atoms with Gasteiger partial charge in [0, 0.05) is 50.5 Å². The van der Waals surface area contributed by atoms with E-state index in [1.807, 2.05) is 12.1 Å². The molecular formula is C35H38F2N8O4S. The number of rotatable bonds is 12. The molecule has 12 nitrogen and oxygen atoms in total. The van der Waals surface area contributed by atoms with E-state index in [1.165, 1.54) is 25.4 Å². The molecule has 0 unspecified atom stereocenters. The number of benzene rings is 1. The predicted molar refractivity (Wildman–Crippen MR) is 189 cm³/mol. The van der Waals surface area contributed by atoms with Crippen molar-refractivity contribution in [3.63, 3.8) is 0 Å². The molecule has 4 heterocycles. The summed E-state index contributed by atoms with van der Waals surface area (Å²) in [7, 11) is 1.51. The van der Waals surface area contributed by atoms with Crippen molar-refractivity contribution in [3.8, 4) is 17.0 Å². The maximum atomic E-state index is 14.1. The zero-order valence-electron chi connectivity index (χ0n) is 27.9. The highest BCUT2D eigenvalue weighted by Crippen LogP contribution is 2.40. The molecule has 50 heavy (non-hydrogen) atoms. The Morgan fingerprint density at radius 1 is 1.12 bits per heavy atom. The van der Waals surface area contributed by atoms with E-state index >= 15 is 0 Å². The number of aromatic nitrogens is 3. The molecule has 2 amide bonds. The molecule has 1 saturated heterocycles. The van der Waals surface area contributed by atoms with Crippen molar-refractivity contribution in [1.82, 2.24) is 19.9 Å². The molecule has 1 aliphatic carbocycles. The van der Waals surface area contributed by atoms with Gasteiger partial charge in [0.15, 0.2) is 22.5 Å². The Labute approximate surface area is 292 Å². The molecule has 2 aliphatic rings. The van der Waals surface area contributed by atoms with Crippen LogP contribution in [-0.2, 0) is 4.79 Å². The molecule has 0 radical (unpaired) electrons. The number of thiazole rings is 1. The number of piperazine rings is 1. The van der Waals surface area contributed by atoms with Crippen molar-refractivity contribution in [3.05, 3.63) is 78.0 Å². The molecule has 262 valence electrons. The number of methoxy groups -OCH3 is 1. The molecular weight excluding hydrogens is 666 g/mol. The Bertz CT molecular complexity index is 1880. The number of nitrogens with zero attached hydrogens (tertiary/aromatic N) is 6. The minimum atomic E-state index is -0.965. The number of carbonyl (C=O) groups is 2. The smallest absolute Gasteiger partial charge is 0.267 e. The van der Waals surface area contributed by atoms with E-state index in [4.69, 9.17) is 14.7 Å². The summed E-state index contributed by atoms with van der Waals surface area (Å²) in [6.45, 7) is 9.85. The number of hydrogen-bond acceptors (Lipinski definition) is 11. The first-order valence-electron chi connectivity index (χ1n) is 16.1. The number of para-hydroxylation sites is 1. The maximum Gasteiger partial charge on any atom is 0.267 e. The number of nitrogens with one attached hydrogen (secondary N) is 2. The van der Waals surface area contributed by atoms with Gasteiger partial charge >= 0.3 is 0 Å². The monoisotopic (exact) mass is 704 g/mol. The van der Waals surface area contributed by atoms with Gasteiger partial charge in [0.05, 0.1) is 30.3 Å². The molecule has 1 aliphatic heterocycles. The summed E-state index contributed by atoms with van der Waals surface area (Å²) in [5.41, 5.74) is 0.668. The standard InChI is InChI=1S/C35H38F2N8O4S/c1-5-29(46)43-13-15-44(16-14-43)32-26(45(22-9-10-22)20-35(2,3)48)17-21(18-38-32)25-11-12-27(49-4)31(40-25)42-34-39-19-28(50-34)33(47)41-30-23(36)7-6-8-24(30)37/h5-8,11-12,17-19,22,48H,1,9-10,13-16,20H2,2-4H3,(H,41,47)(H,39,40,42). The van der Waals surface area contributed by atoms with E-state index < -0.39 is 28.8 Å². The quantitative estimate of drug-likeness (QED) is 0.163. The van der Waals surface area contributed by atoms with E-state index in [2.05, 4.69) is 32.0 Å². The summed E-state index contributed by atoms with van der Waals surface area (Å²) >= 11 is 0.978. The molecule has 0 spiro atoms. The lowest BCUT2D eigenvalue weighted by Gasteiger charge is -2.38. The lowest BCUT2D eigenvalue weighted by atomic mass is 10.1. The van der Waals surface area contributed by atoms with Crippen LogP contribution < -0.4 is 25.2 Å². The average Bonchev–Trinajstić information content (AvgIpc) is 3.85. The van der Waals surface area contributed by atoms with E-state index in [0.29, 0.717) is 55.1 Å². The Balaban J connectivity index is 1.29. The highest BCUT2D eigenvalue weighted by atomic mass is 32.1. The fraction of sp³-hybridized carbons (Fsp3) is 0.343. The summed E-state index contributed by atoms with van der Waals surface area (Å²) < 4.78 is 33.7. The molecule has 6 rings (SSSR count). The molecule has 3 aromatic heterocycles. The van der Waals surface area contributed by atoms with Crippen LogP contribution in [0.15, 0.2) is 61.4 Å². The zero-order chi connectivity index (χ0) is 35.6. The maximum absolute atomic E-state index is 14.1. The van der Waals surface area contributed by atoms with Gasteiger partial charge in [-0.1, -0.05) is 24.0 Å². The minimum Gasteiger partial charge on any atom is -0.493 e. The second-order valence-electron chi connectivity index (χ2n) is 12.7. The van der Waals surface area contributed by atoms with Crippen LogP contribution in [0.3, 0.4) is 0 Å². The molecule has 0 atom stereocenters. The number of amides is 2. The Hall–Kier alpha value is -5.15. The number of halogens is 2. The SMILES string of the molecule is C=CC(=O)N1CCN(c2ncc(-c3ccc(OC)c(Nc4ncc(C(=O)Nc5c(F)cccc5F)s4)n3)cc2N(CC(C)(C)O)C2CC2)CC1. The van der Waals surface area contributed by atoms with Crippen molar-refractivity contribution < 1.29 is 28.2 Å². The van der Waals surface area contributed by atoms with Crippen molar-refractivity contribution in [1.29, 1.82) is 0 Å². The number of ether oxygens (including phenoxy) is 1. The zero-order valence-corrected chi connectivity index (χ0v) is 28.8. The summed E-state index contributed by atoms with van der Waals surface area (Å²) in [6.07, 6.45) is 6.38. The molecule has 1 aromatic carbocycles. The number of hydrogen-bond donors (Lipinski definition) is 3. The molecule has 15 heteroatoms. The third-order valence-corrected chi connectivity index (χ3v) is 9.21. The van der Waals surface area contributed by atoms with Gasteiger partial charge in [0.25, 0.3) is 5.91 Å². The third kappa shape index (κ3) is 7.84. The van der Waals surface area contributed by atoms with Crippen LogP contribution in [0.25, 0.3) is 11.3 Å². The topological polar surface area (TPSA) is 136 Å². The summed E-state index contributed by atoms with van der Waals surface area (Å²) in [6, 6.07) is 9.18. The van der Waals surface area contributed by atoms with Crippen molar-refractivity contribution in [2.24, 2.45) is 0 Å². The second kappa shape index (κ2) is 14.4. The summed E-state index contributed by atoms with van der Waals surface area (Å²) in [5.74, 6) is -1.07. The number of anilines is 5. The Kier molecular flexibility index (Phi) is 9.97. The fourth-order valence-corrected chi connectivity index (χ4v) is 6.43. The second-order valence-corrected chi connectivity index (χ2v) is 13.7. The molecule has 3 N–H and O–H groups in total. The van der Waals surface area contributed by atoms with Gasteiger partial charge in [-0.05, 0) is 63.1 Å². The van der Waals surface area contributed by atoms with E-state index in [0.717, 1.165) is 53.4 Å². The van der Waals surface area contributed by atoms with Crippen LogP contribution >= 0.6 is 11.3 Å². The largest absolute Gasteiger partial charge is 0.493 e.